The first-order valence-corrected chi connectivity index (χ1v) is 7.55. The zero-order valence-electron chi connectivity index (χ0n) is 12.4. The number of ether oxygens (including phenoxy) is 1. The average Bonchev–Trinajstić information content (AvgIpc) is 2.39. The van der Waals surface area contributed by atoms with Gasteiger partial charge in [0.25, 0.3) is 0 Å². The molecule has 0 saturated heterocycles. The minimum atomic E-state index is -0.432. The third-order valence-electron chi connectivity index (χ3n) is 4.32. The van der Waals surface area contributed by atoms with E-state index in [0.29, 0.717) is 18.6 Å². The zero-order chi connectivity index (χ0) is 13.6. The predicted molar refractivity (Wildman–Crippen MR) is 74.5 cm³/mol. The van der Waals surface area contributed by atoms with Crippen molar-refractivity contribution in [3.05, 3.63) is 0 Å². The lowest BCUT2D eigenvalue weighted by Crippen LogP contribution is -2.61. The van der Waals surface area contributed by atoms with E-state index >= 15 is 0 Å². The number of carbonyl (C=O) groups is 1. The van der Waals surface area contributed by atoms with Gasteiger partial charge in [0.1, 0.15) is 5.54 Å². The normalized spacial score (nSPS) is 29.9. The van der Waals surface area contributed by atoms with E-state index < -0.39 is 5.54 Å². The van der Waals surface area contributed by atoms with E-state index in [-0.39, 0.29) is 5.97 Å². The van der Waals surface area contributed by atoms with Gasteiger partial charge in [0.2, 0.25) is 0 Å². The van der Waals surface area contributed by atoms with Crippen molar-refractivity contribution in [2.75, 3.05) is 6.61 Å². The molecule has 1 aliphatic carbocycles. The molecule has 3 heteroatoms. The van der Waals surface area contributed by atoms with Crippen molar-refractivity contribution in [2.45, 2.75) is 77.8 Å². The second-order valence-electron chi connectivity index (χ2n) is 5.50. The summed E-state index contributed by atoms with van der Waals surface area (Å²) in [7, 11) is 0. The molecule has 1 saturated carbocycles. The van der Waals surface area contributed by atoms with Gasteiger partial charge in [0.05, 0.1) is 6.61 Å². The first-order valence-electron chi connectivity index (χ1n) is 7.55. The molecule has 0 spiro atoms. The standard InChI is InChI=1S/C15H29NO2/c1-5-12(4)16-15(14(17)18-7-3)11-9-8-10-13(15)6-2/h12-13,16H,5-11H2,1-4H3. The molecule has 3 nitrogen and oxygen atoms in total. The number of esters is 1. The summed E-state index contributed by atoms with van der Waals surface area (Å²) in [4.78, 5) is 12.5. The second kappa shape index (κ2) is 7.13. The van der Waals surface area contributed by atoms with Crippen molar-refractivity contribution in [2.24, 2.45) is 5.92 Å². The van der Waals surface area contributed by atoms with Crippen LogP contribution in [0, 0.1) is 5.92 Å². The van der Waals surface area contributed by atoms with Crippen molar-refractivity contribution in [1.29, 1.82) is 0 Å². The summed E-state index contributed by atoms with van der Waals surface area (Å²) in [6, 6.07) is 0.363. The lowest BCUT2D eigenvalue weighted by atomic mass is 9.71. The largest absolute Gasteiger partial charge is 0.465 e. The van der Waals surface area contributed by atoms with E-state index in [1.54, 1.807) is 0 Å². The lowest BCUT2D eigenvalue weighted by Gasteiger charge is -2.44. The molecule has 1 rings (SSSR count). The van der Waals surface area contributed by atoms with E-state index in [1.165, 1.54) is 6.42 Å². The fourth-order valence-electron chi connectivity index (χ4n) is 3.12. The molecule has 0 amide bonds. The third-order valence-corrected chi connectivity index (χ3v) is 4.32. The highest BCUT2D eigenvalue weighted by molar-refractivity contribution is 5.81. The maximum absolute atomic E-state index is 12.5. The minimum absolute atomic E-state index is 0.0307. The Bertz CT molecular complexity index is 267. The molecule has 0 aromatic rings. The van der Waals surface area contributed by atoms with Gasteiger partial charge in [-0.25, -0.2) is 0 Å². The molecule has 0 aromatic heterocycles. The van der Waals surface area contributed by atoms with Crippen LogP contribution in [0.5, 0.6) is 0 Å². The Morgan fingerprint density at radius 1 is 1.39 bits per heavy atom. The Labute approximate surface area is 112 Å². The van der Waals surface area contributed by atoms with Gasteiger partial charge >= 0.3 is 5.97 Å². The van der Waals surface area contributed by atoms with Gasteiger partial charge < -0.3 is 4.74 Å². The van der Waals surface area contributed by atoms with Gasteiger partial charge in [-0.15, -0.1) is 0 Å². The number of hydrogen-bond donors (Lipinski definition) is 1. The summed E-state index contributed by atoms with van der Waals surface area (Å²) >= 11 is 0. The van der Waals surface area contributed by atoms with Crippen molar-refractivity contribution >= 4 is 5.97 Å². The van der Waals surface area contributed by atoms with Crippen LogP contribution in [0.25, 0.3) is 0 Å². The molecule has 106 valence electrons. The summed E-state index contributed by atoms with van der Waals surface area (Å²) in [5, 5.41) is 3.59. The summed E-state index contributed by atoms with van der Waals surface area (Å²) < 4.78 is 5.36. The maximum atomic E-state index is 12.5. The molecule has 0 radical (unpaired) electrons. The third kappa shape index (κ3) is 3.25. The van der Waals surface area contributed by atoms with Crippen LogP contribution in [0.4, 0.5) is 0 Å². The molecule has 0 bridgehead atoms. The first-order chi connectivity index (χ1) is 8.60. The number of carbonyl (C=O) groups excluding carboxylic acids is 1. The smallest absolute Gasteiger partial charge is 0.326 e. The van der Waals surface area contributed by atoms with Gasteiger partial charge in [-0.05, 0) is 39.0 Å². The molecular weight excluding hydrogens is 226 g/mol. The molecule has 0 heterocycles. The van der Waals surface area contributed by atoms with Crippen molar-refractivity contribution < 1.29 is 9.53 Å². The number of nitrogens with one attached hydrogen (secondary N) is 1. The summed E-state index contributed by atoms with van der Waals surface area (Å²) in [5.74, 6) is 0.385. The number of rotatable bonds is 6. The highest BCUT2D eigenvalue weighted by Crippen LogP contribution is 2.37. The van der Waals surface area contributed by atoms with E-state index in [9.17, 15) is 4.79 Å². The van der Waals surface area contributed by atoms with Gasteiger partial charge in [-0.3, -0.25) is 10.1 Å². The van der Waals surface area contributed by atoms with Crippen molar-refractivity contribution in [1.82, 2.24) is 5.32 Å². The minimum Gasteiger partial charge on any atom is -0.465 e. The zero-order valence-corrected chi connectivity index (χ0v) is 12.4. The molecule has 3 atom stereocenters. The molecule has 1 fully saturated rings. The van der Waals surface area contributed by atoms with Crippen LogP contribution in [-0.4, -0.2) is 24.2 Å². The van der Waals surface area contributed by atoms with Gasteiger partial charge in [0, 0.05) is 6.04 Å². The molecule has 1 N–H and O–H groups in total. The van der Waals surface area contributed by atoms with Crippen LogP contribution in [0.15, 0.2) is 0 Å². The molecular formula is C15H29NO2. The lowest BCUT2D eigenvalue weighted by molar-refractivity contribution is -0.156. The van der Waals surface area contributed by atoms with Crippen LogP contribution >= 0.6 is 0 Å². The van der Waals surface area contributed by atoms with E-state index in [2.05, 4.69) is 26.1 Å². The van der Waals surface area contributed by atoms with Crippen molar-refractivity contribution in [3.8, 4) is 0 Å². The highest BCUT2D eigenvalue weighted by Gasteiger charge is 2.47. The van der Waals surface area contributed by atoms with Gasteiger partial charge in [0.15, 0.2) is 0 Å². The first kappa shape index (κ1) is 15.5. The van der Waals surface area contributed by atoms with Gasteiger partial charge in [-0.2, -0.15) is 0 Å². The van der Waals surface area contributed by atoms with Crippen LogP contribution in [-0.2, 0) is 9.53 Å². The predicted octanol–water partition coefficient (Wildman–Crippen LogP) is 3.28. The maximum Gasteiger partial charge on any atom is 0.326 e. The van der Waals surface area contributed by atoms with Crippen LogP contribution in [0.3, 0.4) is 0 Å². The molecule has 3 unspecified atom stereocenters. The molecule has 0 aliphatic heterocycles. The quantitative estimate of drug-likeness (QED) is 0.740. The Morgan fingerprint density at radius 2 is 2.11 bits per heavy atom. The fraction of sp³-hybridized carbons (Fsp3) is 0.933. The van der Waals surface area contributed by atoms with E-state index in [4.69, 9.17) is 4.74 Å². The van der Waals surface area contributed by atoms with Crippen molar-refractivity contribution in [3.63, 3.8) is 0 Å². The van der Waals surface area contributed by atoms with Gasteiger partial charge in [-0.1, -0.05) is 33.1 Å². The SMILES string of the molecule is CCOC(=O)C1(NC(C)CC)CCCCC1CC. The monoisotopic (exact) mass is 255 g/mol. The molecule has 1 aliphatic rings. The average molecular weight is 255 g/mol. The summed E-state index contributed by atoms with van der Waals surface area (Å²) in [5.41, 5.74) is -0.432. The Morgan fingerprint density at radius 3 is 2.67 bits per heavy atom. The fourth-order valence-corrected chi connectivity index (χ4v) is 3.12. The van der Waals surface area contributed by atoms with E-state index in [0.717, 1.165) is 32.1 Å². The highest BCUT2D eigenvalue weighted by atomic mass is 16.5. The Hall–Kier alpha value is -0.570. The topological polar surface area (TPSA) is 38.3 Å². The number of hydrogen-bond acceptors (Lipinski definition) is 3. The molecule has 0 aromatic carbocycles. The Kier molecular flexibility index (Phi) is 6.13. The van der Waals surface area contributed by atoms with Crippen LogP contribution in [0.1, 0.15) is 66.2 Å². The molecule has 18 heavy (non-hydrogen) atoms. The second-order valence-corrected chi connectivity index (χ2v) is 5.50. The van der Waals surface area contributed by atoms with Crippen LogP contribution in [0.2, 0.25) is 0 Å². The Balaban J connectivity index is 2.93. The van der Waals surface area contributed by atoms with E-state index in [1.807, 2.05) is 6.92 Å². The van der Waals surface area contributed by atoms with Crippen LogP contribution < -0.4 is 5.32 Å². The summed E-state index contributed by atoms with van der Waals surface area (Å²) in [6.45, 7) is 8.85. The summed E-state index contributed by atoms with van der Waals surface area (Å²) in [6.07, 6.45) is 6.51.